The van der Waals surface area contributed by atoms with Crippen LogP contribution in [0.2, 0.25) is 0 Å². The standard InChI is InChI=1S/C38H45N3O5S2/c1-6-29(4)39-38(43)36(25-30-13-9-8-10-14-30)40(26-31-15-11-12-28(3)24-31)37(42)27-41(32-16-18-33(19-17-32)46-7-2)48(44,45)35-22-20-34(47-5)21-23-35/h8-24,29,36H,6-7,25-27H2,1-5H3,(H,39,43). The van der Waals surface area contributed by atoms with Crippen LogP contribution in [0.3, 0.4) is 0 Å². The molecule has 2 amide bonds. The van der Waals surface area contributed by atoms with Crippen LogP contribution in [0.1, 0.15) is 43.9 Å². The minimum Gasteiger partial charge on any atom is -0.494 e. The zero-order valence-electron chi connectivity index (χ0n) is 28.3. The van der Waals surface area contributed by atoms with E-state index in [9.17, 15) is 18.0 Å². The molecule has 0 radical (unpaired) electrons. The van der Waals surface area contributed by atoms with Crippen LogP contribution < -0.4 is 14.4 Å². The minimum absolute atomic E-state index is 0.0579. The maximum absolute atomic E-state index is 14.7. The number of anilines is 1. The molecule has 0 fully saturated rings. The number of thioether (sulfide) groups is 1. The zero-order valence-corrected chi connectivity index (χ0v) is 29.9. The van der Waals surface area contributed by atoms with Crippen molar-refractivity contribution in [3.63, 3.8) is 0 Å². The maximum atomic E-state index is 14.7. The summed E-state index contributed by atoms with van der Waals surface area (Å²) in [4.78, 5) is 31.2. The average Bonchev–Trinajstić information content (AvgIpc) is 3.09. The van der Waals surface area contributed by atoms with Crippen molar-refractivity contribution >= 4 is 39.3 Å². The molecule has 0 aliphatic carbocycles. The van der Waals surface area contributed by atoms with Gasteiger partial charge in [-0.05, 0) is 93.1 Å². The summed E-state index contributed by atoms with van der Waals surface area (Å²) in [6.45, 7) is 7.80. The summed E-state index contributed by atoms with van der Waals surface area (Å²) in [6, 6.07) is 29.5. The minimum atomic E-state index is -4.20. The second-order valence-corrected chi connectivity index (χ2v) is 14.4. The fourth-order valence-corrected chi connectivity index (χ4v) is 7.10. The van der Waals surface area contributed by atoms with E-state index in [0.29, 0.717) is 24.5 Å². The highest BCUT2D eigenvalue weighted by atomic mass is 32.2. The fraction of sp³-hybridized carbons (Fsp3) is 0.316. The number of ether oxygens (including phenoxy) is 1. The molecule has 10 heteroatoms. The van der Waals surface area contributed by atoms with Crippen LogP contribution in [-0.4, -0.2) is 56.6 Å². The zero-order chi connectivity index (χ0) is 34.7. The van der Waals surface area contributed by atoms with Crippen LogP contribution in [0.4, 0.5) is 5.69 Å². The van der Waals surface area contributed by atoms with E-state index in [1.165, 1.54) is 16.7 Å². The summed E-state index contributed by atoms with van der Waals surface area (Å²) in [7, 11) is -4.20. The van der Waals surface area contributed by atoms with E-state index < -0.39 is 28.5 Å². The number of hydrogen-bond acceptors (Lipinski definition) is 6. The normalized spacial score (nSPS) is 12.5. The largest absolute Gasteiger partial charge is 0.494 e. The van der Waals surface area contributed by atoms with Gasteiger partial charge in [-0.1, -0.05) is 67.1 Å². The lowest BCUT2D eigenvalue weighted by atomic mass is 10.0. The molecular weight excluding hydrogens is 643 g/mol. The first-order valence-corrected chi connectivity index (χ1v) is 18.8. The van der Waals surface area contributed by atoms with E-state index >= 15 is 0 Å². The first-order chi connectivity index (χ1) is 23.0. The van der Waals surface area contributed by atoms with Crippen LogP contribution in [0.25, 0.3) is 0 Å². The molecule has 0 bridgehead atoms. The molecule has 0 aliphatic heterocycles. The second-order valence-electron chi connectivity index (χ2n) is 11.6. The van der Waals surface area contributed by atoms with Crippen molar-refractivity contribution in [1.29, 1.82) is 0 Å². The van der Waals surface area contributed by atoms with Crippen LogP contribution in [0.15, 0.2) is 113 Å². The van der Waals surface area contributed by atoms with Gasteiger partial charge in [0.25, 0.3) is 10.0 Å². The average molecular weight is 688 g/mol. The van der Waals surface area contributed by atoms with Gasteiger partial charge in [0.2, 0.25) is 11.8 Å². The highest BCUT2D eigenvalue weighted by Crippen LogP contribution is 2.28. The number of benzene rings is 4. The number of aryl methyl sites for hydroxylation is 1. The fourth-order valence-electron chi connectivity index (χ4n) is 5.28. The lowest BCUT2D eigenvalue weighted by molar-refractivity contribution is -0.140. The summed E-state index contributed by atoms with van der Waals surface area (Å²) in [5.74, 6) is -0.216. The predicted octanol–water partition coefficient (Wildman–Crippen LogP) is 6.87. The molecule has 0 heterocycles. The Labute approximate surface area is 289 Å². The van der Waals surface area contributed by atoms with Gasteiger partial charge < -0.3 is 15.0 Å². The topological polar surface area (TPSA) is 96.0 Å². The molecule has 0 saturated carbocycles. The molecule has 0 aromatic heterocycles. The molecule has 4 aromatic rings. The van der Waals surface area contributed by atoms with Crippen molar-refractivity contribution in [1.82, 2.24) is 10.2 Å². The van der Waals surface area contributed by atoms with Crippen LogP contribution >= 0.6 is 11.8 Å². The van der Waals surface area contributed by atoms with Crippen molar-refractivity contribution in [2.24, 2.45) is 0 Å². The lowest BCUT2D eigenvalue weighted by Gasteiger charge is -2.34. The quantitative estimate of drug-likeness (QED) is 0.129. The number of hydrogen-bond donors (Lipinski definition) is 1. The Balaban J connectivity index is 1.81. The lowest BCUT2D eigenvalue weighted by Crippen LogP contribution is -2.54. The summed E-state index contributed by atoms with van der Waals surface area (Å²) >= 11 is 1.51. The highest BCUT2D eigenvalue weighted by molar-refractivity contribution is 7.98. The number of sulfonamides is 1. The SMILES string of the molecule is CCOc1ccc(N(CC(=O)N(Cc2cccc(C)c2)C(Cc2ccccc2)C(=O)NC(C)CC)S(=O)(=O)c2ccc(SC)cc2)cc1. The molecule has 8 nitrogen and oxygen atoms in total. The van der Waals surface area contributed by atoms with E-state index in [1.54, 1.807) is 48.5 Å². The number of rotatable bonds is 16. The van der Waals surface area contributed by atoms with Gasteiger partial charge >= 0.3 is 0 Å². The summed E-state index contributed by atoms with van der Waals surface area (Å²) in [5, 5.41) is 3.07. The van der Waals surface area contributed by atoms with Crippen LogP contribution in [0.5, 0.6) is 5.75 Å². The Hall–Kier alpha value is -4.28. The molecule has 1 N–H and O–H groups in total. The van der Waals surface area contributed by atoms with Crippen LogP contribution in [-0.2, 0) is 32.6 Å². The molecule has 4 rings (SSSR count). The number of carbonyl (C=O) groups is 2. The van der Waals surface area contributed by atoms with Crippen molar-refractivity contribution in [3.05, 3.63) is 120 Å². The number of amides is 2. The molecule has 2 unspecified atom stereocenters. The third-order valence-electron chi connectivity index (χ3n) is 8.07. The molecule has 0 saturated heterocycles. The number of carbonyl (C=O) groups excluding carboxylic acids is 2. The van der Waals surface area contributed by atoms with Gasteiger partial charge in [0.1, 0.15) is 18.3 Å². The number of nitrogens with zero attached hydrogens (tertiary/aromatic N) is 2. The van der Waals surface area contributed by atoms with Gasteiger partial charge in [0.05, 0.1) is 17.2 Å². The Morgan fingerprint density at radius 1 is 0.875 bits per heavy atom. The Morgan fingerprint density at radius 3 is 2.15 bits per heavy atom. The second kappa shape index (κ2) is 17.2. The Bertz CT molecular complexity index is 1750. The smallest absolute Gasteiger partial charge is 0.264 e. The first kappa shape index (κ1) is 36.6. The molecule has 0 spiro atoms. The number of nitrogens with one attached hydrogen (secondary N) is 1. The van der Waals surface area contributed by atoms with Gasteiger partial charge in [0, 0.05) is 23.9 Å². The third kappa shape index (κ3) is 9.64. The van der Waals surface area contributed by atoms with Gasteiger partial charge in [-0.25, -0.2) is 8.42 Å². The van der Waals surface area contributed by atoms with Crippen LogP contribution in [0, 0.1) is 6.92 Å². The monoisotopic (exact) mass is 687 g/mol. The third-order valence-corrected chi connectivity index (χ3v) is 10.6. The van der Waals surface area contributed by atoms with Crippen molar-refractivity contribution in [2.45, 2.75) is 69.0 Å². The summed E-state index contributed by atoms with van der Waals surface area (Å²) in [6.07, 6.45) is 2.89. The molecule has 48 heavy (non-hydrogen) atoms. The van der Waals surface area contributed by atoms with Gasteiger partial charge in [-0.15, -0.1) is 11.8 Å². The van der Waals surface area contributed by atoms with Crippen molar-refractivity contribution in [2.75, 3.05) is 23.7 Å². The summed E-state index contributed by atoms with van der Waals surface area (Å²) in [5.41, 5.74) is 3.03. The van der Waals surface area contributed by atoms with E-state index in [0.717, 1.165) is 25.9 Å². The predicted molar refractivity (Wildman–Crippen MR) is 194 cm³/mol. The summed E-state index contributed by atoms with van der Waals surface area (Å²) < 4.78 is 35.4. The van der Waals surface area contributed by atoms with E-state index in [2.05, 4.69) is 5.32 Å². The molecule has 254 valence electrons. The van der Waals surface area contributed by atoms with Gasteiger partial charge in [-0.3, -0.25) is 13.9 Å². The molecule has 0 aliphatic rings. The van der Waals surface area contributed by atoms with Gasteiger partial charge in [-0.2, -0.15) is 0 Å². The van der Waals surface area contributed by atoms with Gasteiger partial charge in [0.15, 0.2) is 0 Å². The highest BCUT2D eigenvalue weighted by Gasteiger charge is 2.35. The Morgan fingerprint density at radius 2 is 1.54 bits per heavy atom. The van der Waals surface area contributed by atoms with E-state index in [-0.39, 0.29) is 29.8 Å². The van der Waals surface area contributed by atoms with E-state index in [4.69, 9.17) is 4.74 Å². The Kier molecular flexibility index (Phi) is 13.1. The van der Waals surface area contributed by atoms with E-state index in [1.807, 2.05) is 88.5 Å². The molecule has 4 aromatic carbocycles. The first-order valence-electron chi connectivity index (χ1n) is 16.1. The van der Waals surface area contributed by atoms with Crippen molar-refractivity contribution in [3.8, 4) is 5.75 Å². The molecular formula is C38H45N3O5S2. The maximum Gasteiger partial charge on any atom is 0.264 e. The molecule has 2 atom stereocenters. The van der Waals surface area contributed by atoms with Crippen molar-refractivity contribution < 1.29 is 22.7 Å².